The van der Waals surface area contributed by atoms with Crippen molar-refractivity contribution in [3.63, 3.8) is 0 Å². The van der Waals surface area contributed by atoms with E-state index in [1.165, 1.54) is 0 Å². The van der Waals surface area contributed by atoms with Crippen molar-refractivity contribution < 1.29 is 14.3 Å². The largest absolute Gasteiger partial charge is 0.497 e. The van der Waals surface area contributed by atoms with Crippen LogP contribution in [-0.4, -0.2) is 49.6 Å². The number of nitrogens with zero attached hydrogens (tertiary/aromatic N) is 1. The highest BCUT2D eigenvalue weighted by Crippen LogP contribution is 2.34. The first-order valence-electron chi connectivity index (χ1n) is 8.43. The van der Waals surface area contributed by atoms with Gasteiger partial charge < -0.3 is 20.3 Å². The van der Waals surface area contributed by atoms with E-state index in [-0.39, 0.29) is 29.8 Å². The van der Waals surface area contributed by atoms with Crippen LogP contribution in [0.3, 0.4) is 0 Å². The minimum atomic E-state index is -0.262. The molecule has 6 nitrogen and oxygen atoms in total. The van der Waals surface area contributed by atoms with Crippen molar-refractivity contribution in [2.75, 3.05) is 26.7 Å². The minimum absolute atomic E-state index is 0.00961. The number of hydrogen-bond acceptors (Lipinski definition) is 3. The lowest BCUT2D eigenvalue weighted by Gasteiger charge is -2.20. The Balaban J connectivity index is 2.25. The Morgan fingerprint density at radius 2 is 2.08 bits per heavy atom. The minimum Gasteiger partial charge on any atom is -0.497 e. The van der Waals surface area contributed by atoms with Crippen LogP contribution in [0.2, 0.25) is 0 Å². The topological polar surface area (TPSA) is 70.7 Å². The van der Waals surface area contributed by atoms with Gasteiger partial charge in [-0.1, -0.05) is 12.1 Å². The number of benzene rings is 1. The van der Waals surface area contributed by atoms with E-state index in [0.717, 1.165) is 11.3 Å². The van der Waals surface area contributed by atoms with Gasteiger partial charge in [0.05, 0.1) is 13.0 Å². The zero-order valence-corrected chi connectivity index (χ0v) is 14.8. The average Bonchev–Trinajstić information content (AvgIpc) is 3.00. The molecular formula is C18H27N3O3. The highest BCUT2D eigenvalue weighted by molar-refractivity contribution is 5.83. The number of likely N-dealkylation sites (tertiary alicyclic amines) is 1. The maximum absolute atomic E-state index is 12.6. The Labute approximate surface area is 143 Å². The average molecular weight is 333 g/mol. The van der Waals surface area contributed by atoms with E-state index < -0.39 is 0 Å². The van der Waals surface area contributed by atoms with E-state index in [1.807, 2.05) is 45.0 Å². The third-order valence-electron chi connectivity index (χ3n) is 4.22. The molecule has 1 aromatic rings. The highest BCUT2D eigenvalue weighted by atomic mass is 16.5. The molecule has 0 radical (unpaired) electrons. The van der Waals surface area contributed by atoms with Crippen LogP contribution in [0.1, 0.15) is 32.3 Å². The molecule has 2 N–H and O–H groups in total. The number of amides is 3. The molecule has 2 rings (SSSR count). The molecule has 1 aliphatic rings. The molecule has 1 fully saturated rings. The van der Waals surface area contributed by atoms with Crippen molar-refractivity contribution in [3.05, 3.63) is 29.8 Å². The van der Waals surface area contributed by atoms with Crippen molar-refractivity contribution in [3.8, 4) is 5.75 Å². The quantitative estimate of drug-likeness (QED) is 0.865. The van der Waals surface area contributed by atoms with Crippen LogP contribution in [0.15, 0.2) is 24.3 Å². The molecule has 132 valence electrons. The Morgan fingerprint density at radius 3 is 2.71 bits per heavy atom. The normalized spacial score (nSPS) is 20.1. The molecule has 1 heterocycles. The molecule has 2 atom stereocenters. The molecule has 3 amide bonds. The van der Waals surface area contributed by atoms with Gasteiger partial charge in [0.2, 0.25) is 5.91 Å². The second-order valence-corrected chi connectivity index (χ2v) is 6.39. The fourth-order valence-electron chi connectivity index (χ4n) is 3.10. The molecule has 0 aromatic heterocycles. The lowest BCUT2D eigenvalue weighted by molar-refractivity contribution is -0.125. The number of carbonyl (C=O) groups is 2. The summed E-state index contributed by atoms with van der Waals surface area (Å²) in [5.74, 6) is 0.445. The van der Waals surface area contributed by atoms with Gasteiger partial charge >= 0.3 is 6.03 Å². The maximum Gasteiger partial charge on any atom is 0.317 e. The number of nitrogens with one attached hydrogen (secondary N) is 2. The number of methoxy groups -OCH3 is 1. The van der Waals surface area contributed by atoms with Crippen LogP contribution in [0.4, 0.5) is 4.79 Å². The second-order valence-electron chi connectivity index (χ2n) is 6.39. The Kier molecular flexibility index (Phi) is 6.06. The molecular weight excluding hydrogens is 306 g/mol. The van der Waals surface area contributed by atoms with E-state index in [4.69, 9.17) is 4.74 Å². The predicted molar refractivity (Wildman–Crippen MR) is 93.1 cm³/mol. The first kappa shape index (κ1) is 18.1. The van der Waals surface area contributed by atoms with Crippen LogP contribution >= 0.6 is 0 Å². The summed E-state index contributed by atoms with van der Waals surface area (Å²) in [4.78, 5) is 26.5. The number of hydrogen-bond donors (Lipinski definition) is 2. The SMILES string of the molecule is CCNC(=O)N1CC(C(=O)NC(C)C)C(c2cccc(OC)c2)C1. The maximum atomic E-state index is 12.6. The standard InChI is InChI=1S/C18H27N3O3/c1-5-19-18(23)21-10-15(13-7-6-8-14(9-13)24-4)16(11-21)17(22)20-12(2)3/h6-9,12,15-16H,5,10-11H2,1-4H3,(H,19,23)(H,20,22). The smallest absolute Gasteiger partial charge is 0.317 e. The lowest BCUT2D eigenvalue weighted by atomic mass is 9.88. The summed E-state index contributed by atoms with van der Waals surface area (Å²) in [6, 6.07) is 7.68. The van der Waals surface area contributed by atoms with Gasteiger partial charge in [-0.2, -0.15) is 0 Å². The first-order chi connectivity index (χ1) is 11.5. The third kappa shape index (κ3) is 4.19. The van der Waals surface area contributed by atoms with E-state index in [1.54, 1.807) is 12.0 Å². The monoisotopic (exact) mass is 333 g/mol. The molecule has 2 unspecified atom stereocenters. The Bertz CT molecular complexity index is 589. The van der Waals surface area contributed by atoms with E-state index in [9.17, 15) is 9.59 Å². The molecule has 6 heteroatoms. The van der Waals surface area contributed by atoms with Crippen LogP contribution in [-0.2, 0) is 4.79 Å². The summed E-state index contributed by atoms with van der Waals surface area (Å²) in [7, 11) is 1.62. The first-order valence-corrected chi connectivity index (χ1v) is 8.43. The van der Waals surface area contributed by atoms with Gasteiger partial charge in [0.25, 0.3) is 0 Å². The van der Waals surface area contributed by atoms with Crippen molar-refractivity contribution in [2.45, 2.75) is 32.7 Å². The second kappa shape index (κ2) is 8.04. The van der Waals surface area contributed by atoms with E-state index in [2.05, 4.69) is 10.6 Å². The Morgan fingerprint density at radius 1 is 1.33 bits per heavy atom. The molecule has 0 aliphatic carbocycles. The molecule has 1 saturated heterocycles. The van der Waals surface area contributed by atoms with Crippen molar-refractivity contribution in [2.24, 2.45) is 5.92 Å². The van der Waals surface area contributed by atoms with Gasteiger partial charge in [-0.25, -0.2) is 4.79 Å². The summed E-state index contributed by atoms with van der Waals surface area (Å²) in [6.45, 7) is 7.28. The zero-order chi connectivity index (χ0) is 17.7. The number of carbonyl (C=O) groups excluding carboxylic acids is 2. The summed E-state index contributed by atoms with van der Waals surface area (Å²) in [5, 5.41) is 5.79. The van der Waals surface area contributed by atoms with Gasteiger partial charge in [0.15, 0.2) is 0 Å². The summed E-state index contributed by atoms with van der Waals surface area (Å²) < 4.78 is 5.29. The van der Waals surface area contributed by atoms with Crippen LogP contribution in [0.5, 0.6) is 5.75 Å². The van der Waals surface area contributed by atoms with Gasteiger partial charge in [-0.3, -0.25) is 4.79 Å². The summed E-state index contributed by atoms with van der Waals surface area (Å²) in [5.41, 5.74) is 1.02. The van der Waals surface area contributed by atoms with Crippen LogP contribution in [0, 0.1) is 5.92 Å². The molecule has 24 heavy (non-hydrogen) atoms. The van der Waals surface area contributed by atoms with Gasteiger partial charge in [-0.15, -0.1) is 0 Å². The van der Waals surface area contributed by atoms with Crippen molar-refractivity contribution in [1.29, 1.82) is 0 Å². The third-order valence-corrected chi connectivity index (χ3v) is 4.22. The van der Waals surface area contributed by atoms with Gasteiger partial charge in [0, 0.05) is 31.6 Å². The summed E-state index contributed by atoms with van der Waals surface area (Å²) >= 11 is 0. The Hall–Kier alpha value is -2.24. The van der Waals surface area contributed by atoms with Crippen LogP contribution < -0.4 is 15.4 Å². The number of rotatable bonds is 5. The van der Waals surface area contributed by atoms with Gasteiger partial charge in [0.1, 0.15) is 5.75 Å². The fraction of sp³-hybridized carbons (Fsp3) is 0.556. The fourth-order valence-corrected chi connectivity index (χ4v) is 3.10. The highest BCUT2D eigenvalue weighted by Gasteiger charge is 2.40. The number of urea groups is 1. The zero-order valence-electron chi connectivity index (χ0n) is 14.8. The lowest BCUT2D eigenvalue weighted by Crippen LogP contribution is -2.41. The molecule has 1 aliphatic heterocycles. The van der Waals surface area contributed by atoms with Gasteiger partial charge in [-0.05, 0) is 38.5 Å². The predicted octanol–water partition coefficient (Wildman–Crippen LogP) is 1.96. The molecule has 1 aromatic carbocycles. The van der Waals surface area contributed by atoms with Crippen molar-refractivity contribution in [1.82, 2.24) is 15.5 Å². The number of ether oxygens (including phenoxy) is 1. The van der Waals surface area contributed by atoms with Crippen LogP contribution in [0.25, 0.3) is 0 Å². The molecule has 0 saturated carbocycles. The molecule has 0 spiro atoms. The van der Waals surface area contributed by atoms with Crippen molar-refractivity contribution >= 4 is 11.9 Å². The van der Waals surface area contributed by atoms with E-state index in [0.29, 0.717) is 19.6 Å². The summed E-state index contributed by atoms with van der Waals surface area (Å²) in [6.07, 6.45) is 0. The molecule has 0 bridgehead atoms. The van der Waals surface area contributed by atoms with E-state index >= 15 is 0 Å².